The maximum absolute atomic E-state index is 12.0. The fourth-order valence-corrected chi connectivity index (χ4v) is 1.89. The van der Waals surface area contributed by atoms with E-state index in [-0.39, 0.29) is 6.03 Å². The topological polar surface area (TPSA) is 65.2 Å². The Morgan fingerprint density at radius 2 is 2.18 bits per heavy atom. The standard InChI is InChI=1S/C11H15N5O/c1-2-14-3-5-15(6-4-14)11(17)16-9-10(7-12)8-13-16/h8-9H,2-6H2,1H3. The number of piperazine rings is 1. The van der Waals surface area contributed by atoms with Gasteiger partial charge in [-0.2, -0.15) is 15.0 Å². The van der Waals surface area contributed by atoms with E-state index in [9.17, 15) is 4.79 Å². The van der Waals surface area contributed by atoms with Crippen molar-refractivity contribution in [1.29, 1.82) is 5.26 Å². The molecule has 0 N–H and O–H groups in total. The average Bonchev–Trinajstić information content (AvgIpc) is 2.87. The molecule has 1 amide bonds. The van der Waals surface area contributed by atoms with Gasteiger partial charge in [0, 0.05) is 26.2 Å². The third-order valence-electron chi connectivity index (χ3n) is 3.00. The van der Waals surface area contributed by atoms with Crippen LogP contribution < -0.4 is 0 Å². The Morgan fingerprint density at radius 1 is 1.47 bits per heavy atom. The lowest BCUT2D eigenvalue weighted by atomic mass is 10.3. The molecule has 0 bridgehead atoms. The molecule has 2 rings (SSSR count). The zero-order valence-corrected chi connectivity index (χ0v) is 9.83. The quantitative estimate of drug-likeness (QED) is 0.702. The van der Waals surface area contributed by atoms with Crippen molar-refractivity contribution in [3.63, 3.8) is 0 Å². The Balaban J connectivity index is 1.99. The van der Waals surface area contributed by atoms with Crippen LogP contribution in [0.5, 0.6) is 0 Å². The van der Waals surface area contributed by atoms with Crippen molar-refractivity contribution in [3.05, 3.63) is 18.0 Å². The summed E-state index contributed by atoms with van der Waals surface area (Å²) in [6.45, 7) is 6.36. The van der Waals surface area contributed by atoms with Gasteiger partial charge >= 0.3 is 6.03 Å². The first-order valence-corrected chi connectivity index (χ1v) is 5.71. The predicted molar refractivity (Wildman–Crippen MR) is 61.4 cm³/mol. The molecule has 1 aliphatic heterocycles. The lowest BCUT2D eigenvalue weighted by molar-refractivity contribution is 0.142. The third kappa shape index (κ3) is 2.45. The highest BCUT2D eigenvalue weighted by atomic mass is 16.2. The van der Waals surface area contributed by atoms with Gasteiger partial charge in [-0.25, -0.2) is 4.79 Å². The first-order valence-electron chi connectivity index (χ1n) is 5.71. The van der Waals surface area contributed by atoms with Crippen molar-refractivity contribution in [3.8, 4) is 6.07 Å². The number of amides is 1. The maximum Gasteiger partial charge on any atom is 0.344 e. The summed E-state index contributed by atoms with van der Waals surface area (Å²) in [6, 6.07) is 1.81. The Hall–Kier alpha value is -1.87. The van der Waals surface area contributed by atoms with Crippen LogP contribution in [0.2, 0.25) is 0 Å². The number of carbonyl (C=O) groups is 1. The van der Waals surface area contributed by atoms with E-state index in [1.54, 1.807) is 4.90 Å². The van der Waals surface area contributed by atoms with Crippen LogP contribution in [-0.2, 0) is 0 Å². The molecule has 0 radical (unpaired) electrons. The molecule has 6 nitrogen and oxygen atoms in total. The minimum Gasteiger partial charge on any atom is -0.320 e. The van der Waals surface area contributed by atoms with E-state index in [4.69, 9.17) is 5.26 Å². The van der Waals surface area contributed by atoms with E-state index in [1.165, 1.54) is 17.1 Å². The smallest absolute Gasteiger partial charge is 0.320 e. The number of nitriles is 1. The Labute approximate surface area is 100 Å². The number of likely N-dealkylation sites (N-methyl/N-ethyl adjacent to an activating group) is 1. The van der Waals surface area contributed by atoms with Crippen molar-refractivity contribution < 1.29 is 4.79 Å². The van der Waals surface area contributed by atoms with E-state index in [0.717, 1.165) is 19.6 Å². The van der Waals surface area contributed by atoms with Crippen LogP contribution in [0.3, 0.4) is 0 Å². The first kappa shape index (κ1) is 11.6. The second-order valence-electron chi connectivity index (χ2n) is 3.99. The monoisotopic (exact) mass is 233 g/mol. The molecule has 1 saturated heterocycles. The molecule has 0 unspecified atom stereocenters. The summed E-state index contributed by atoms with van der Waals surface area (Å²) in [7, 11) is 0. The largest absolute Gasteiger partial charge is 0.344 e. The Bertz CT molecular complexity index is 439. The summed E-state index contributed by atoms with van der Waals surface area (Å²) in [5, 5.41) is 12.6. The Kier molecular flexibility index (Phi) is 3.40. The van der Waals surface area contributed by atoms with E-state index >= 15 is 0 Å². The fraction of sp³-hybridized carbons (Fsp3) is 0.545. The van der Waals surface area contributed by atoms with Gasteiger partial charge < -0.3 is 9.80 Å². The number of rotatable bonds is 1. The second kappa shape index (κ2) is 4.97. The van der Waals surface area contributed by atoms with Crippen LogP contribution in [0.15, 0.2) is 12.4 Å². The predicted octanol–water partition coefficient (Wildman–Crippen LogP) is 0.360. The molecule has 0 saturated carbocycles. The molecule has 0 atom stereocenters. The lowest BCUT2D eigenvalue weighted by Crippen LogP contribution is -2.49. The van der Waals surface area contributed by atoms with Crippen LogP contribution >= 0.6 is 0 Å². The number of hydrogen-bond donors (Lipinski definition) is 0. The number of carbonyl (C=O) groups excluding carboxylic acids is 1. The van der Waals surface area contributed by atoms with E-state index in [1.807, 2.05) is 6.07 Å². The van der Waals surface area contributed by atoms with Gasteiger partial charge in [-0.15, -0.1) is 0 Å². The number of nitrogens with zero attached hydrogens (tertiary/aromatic N) is 5. The minimum atomic E-state index is -0.151. The normalized spacial score (nSPS) is 16.8. The summed E-state index contributed by atoms with van der Waals surface area (Å²) in [4.78, 5) is 16.1. The molecular weight excluding hydrogens is 218 g/mol. The number of aromatic nitrogens is 2. The molecule has 1 fully saturated rings. The summed E-state index contributed by atoms with van der Waals surface area (Å²) in [6.07, 6.45) is 2.87. The summed E-state index contributed by atoms with van der Waals surface area (Å²) < 4.78 is 1.24. The SMILES string of the molecule is CCN1CCN(C(=O)n2cc(C#N)cn2)CC1. The molecule has 1 aliphatic rings. The van der Waals surface area contributed by atoms with E-state index in [0.29, 0.717) is 18.7 Å². The average molecular weight is 233 g/mol. The van der Waals surface area contributed by atoms with Gasteiger partial charge in [0.05, 0.1) is 18.0 Å². The molecule has 0 spiro atoms. The van der Waals surface area contributed by atoms with Gasteiger partial charge in [0.2, 0.25) is 0 Å². The highest BCUT2D eigenvalue weighted by Gasteiger charge is 2.21. The zero-order valence-electron chi connectivity index (χ0n) is 9.83. The summed E-state index contributed by atoms with van der Waals surface area (Å²) >= 11 is 0. The molecular formula is C11H15N5O. The third-order valence-corrected chi connectivity index (χ3v) is 3.00. The number of hydrogen-bond acceptors (Lipinski definition) is 4. The fourth-order valence-electron chi connectivity index (χ4n) is 1.89. The molecule has 0 aliphatic carbocycles. The molecule has 1 aromatic heterocycles. The first-order chi connectivity index (χ1) is 8.24. The van der Waals surface area contributed by atoms with Gasteiger partial charge in [0.15, 0.2) is 0 Å². The second-order valence-corrected chi connectivity index (χ2v) is 3.99. The van der Waals surface area contributed by atoms with Crippen LogP contribution in [0.1, 0.15) is 12.5 Å². The van der Waals surface area contributed by atoms with Gasteiger partial charge in [-0.05, 0) is 6.54 Å². The highest BCUT2D eigenvalue weighted by Crippen LogP contribution is 2.04. The van der Waals surface area contributed by atoms with Crippen LogP contribution in [0.4, 0.5) is 4.79 Å². The lowest BCUT2D eigenvalue weighted by Gasteiger charge is -2.33. The van der Waals surface area contributed by atoms with Crippen molar-refractivity contribution >= 4 is 6.03 Å². The highest BCUT2D eigenvalue weighted by molar-refractivity contribution is 5.76. The van der Waals surface area contributed by atoms with E-state index in [2.05, 4.69) is 16.9 Å². The van der Waals surface area contributed by atoms with Gasteiger partial charge in [0.1, 0.15) is 6.07 Å². The van der Waals surface area contributed by atoms with Crippen molar-refractivity contribution in [2.45, 2.75) is 6.92 Å². The molecule has 6 heteroatoms. The maximum atomic E-state index is 12.0. The van der Waals surface area contributed by atoms with Crippen molar-refractivity contribution in [2.75, 3.05) is 32.7 Å². The van der Waals surface area contributed by atoms with Crippen LogP contribution in [-0.4, -0.2) is 58.3 Å². The molecule has 2 heterocycles. The zero-order chi connectivity index (χ0) is 12.3. The summed E-state index contributed by atoms with van der Waals surface area (Å²) in [5.41, 5.74) is 0.408. The van der Waals surface area contributed by atoms with Gasteiger partial charge in [0.25, 0.3) is 0 Å². The van der Waals surface area contributed by atoms with Gasteiger partial charge in [-0.3, -0.25) is 0 Å². The molecule has 0 aromatic carbocycles. The van der Waals surface area contributed by atoms with Gasteiger partial charge in [-0.1, -0.05) is 6.92 Å². The van der Waals surface area contributed by atoms with Crippen molar-refractivity contribution in [2.24, 2.45) is 0 Å². The van der Waals surface area contributed by atoms with Crippen molar-refractivity contribution in [1.82, 2.24) is 19.6 Å². The van der Waals surface area contributed by atoms with Crippen LogP contribution in [0.25, 0.3) is 0 Å². The van der Waals surface area contributed by atoms with E-state index < -0.39 is 0 Å². The minimum absolute atomic E-state index is 0.151. The Morgan fingerprint density at radius 3 is 2.71 bits per heavy atom. The molecule has 1 aromatic rings. The summed E-state index contributed by atoms with van der Waals surface area (Å²) in [5.74, 6) is 0. The van der Waals surface area contributed by atoms with Crippen LogP contribution in [0, 0.1) is 11.3 Å². The molecule has 90 valence electrons. The molecule has 17 heavy (non-hydrogen) atoms.